The van der Waals surface area contributed by atoms with Crippen LogP contribution in [0.5, 0.6) is 0 Å². The normalized spacial score (nSPS) is 24.7. The summed E-state index contributed by atoms with van der Waals surface area (Å²) >= 11 is 0. The van der Waals surface area contributed by atoms with Crippen molar-refractivity contribution in [1.82, 2.24) is 19.5 Å². The molecule has 1 saturated heterocycles. The molecule has 3 heterocycles. The van der Waals surface area contributed by atoms with Gasteiger partial charge in [-0.05, 0) is 5.56 Å². The van der Waals surface area contributed by atoms with Gasteiger partial charge in [0.2, 0.25) is 11.9 Å². The van der Waals surface area contributed by atoms with E-state index in [0.29, 0.717) is 6.54 Å². The molecule has 4 atom stereocenters. The molecule has 0 saturated carbocycles. The Labute approximate surface area is 158 Å². The number of H-pyrrole nitrogens is 1. The summed E-state index contributed by atoms with van der Waals surface area (Å²) in [4.78, 5) is 23.0. The van der Waals surface area contributed by atoms with E-state index in [0.717, 1.165) is 5.56 Å². The van der Waals surface area contributed by atoms with Crippen molar-refractivity contribution in [2.45, 2.75) is 31.1 Å². The number of nitrogens with two attached hydrogens (primary N) is 1. The third-order valence-corrected chi connectivity index (χ3v) is 4.63. The molecule has 11 heteroatoms. The maximum absolute atomic E-state index is 12.2. The number of hydrogen-bond donors (Lipinski definition) is 6. The summed E-state index contributed by atoms with van der Waals surface area (Å²) in [6.07, 6.45) is -4.79. The van der Waals surface area contributed by atoms with E-state index in [-0.39, 0.29) is 23.1 Å². The summed E-state index contributed by atoms with van der Waals surface area (Å²) in [5, 5.41) is 33.0. The van der Waals surface area contributed by atoms with Gasteiger partial charge in [0.1, 0.15) is 18.3 Å². The molecular weight excluding hydrogens is 368 g/mol. The quantitative estimate of drug-likeness (QED) is 0.318. The van der Waals surface area contributed by atoms with Crippen molar-refractivity contribution in [1.29, 1.82) is 0 Å². The predicted molar refractivity (Wildman–Crippen MR) is 99.3 cm³/mol. The van der Waals surface area contributed by atoms with Crippen LogP contribution in [0.1, 0.15) is 11.8 Å². The van der Waals surface area contributed by atoms with E-state index in [9.17, 15) is 20.1 Å². The highest BCUT2D eigenvalue weighted by Gasteiger charge is 2.45. The number of anilines is 2. The van der Waals surface area contributed by atoms with Crippen LogP contribution in [-0.2, 0) is 11.3 Å². The lowest BCUT2D eigenvalue weighted by Gasteiger charge is -2.19. The predicted octanol–water partition coefficient (Wildman–Crippen LogP) is -1.07. The number of imidazole rings is 1. The second-order valence-corrected chi connectivity index (χ2v) is 6.50. The van der Waals surface area contributed by atoms with E-state index in [1.54, 1.807) is 0 Å². The van der Waals surface area contributed by atoms with E-state index >= 15 is 0 Å². The number of nitrogens with one attached hydrogen (secondary N) is 2. The van der Waals surface area contributed by atoms with Crippen molar-refractivity contribution in [3.63, 3.8) is 0 Å². The van der Waals surface area contributed by atoms with Gasteiger partial charge in [-0.3, -0.25) is 14.3 Å². The van der Waals surface area contributed by atoms with Gasteiger partial charge in [-0.15, -0.1) is 0 Å². The number of nitrogen functional groups attached to an aromatic ring is 1. The van der Waals surface area contributed by atoms with Crippen molar-refractivity contribution in [3.05, 3.63) is 46.2 Å². The van der Waals surface area contributed by atoms with Gasteiger partial charge in [0.25, 0.3) is 5.56 Å². The van der Waals surface area contributed by atoms with Crippen LogP contribution in [0.25, 0.3) is 11.2 Å². The first-order chi connectivity index (χ1) is 13.5. The van der Waals surface area contributed by atoms with Gasteiger partial charge in [-0.1, -0.05) is 30.3 Å². The molecule has 0 spiro atoms. The number of aromatic nitrogens is 4. The maximum atomic E-state index is 12.2. The number of benzene rings is 1. The third-order valence-electron chi connectivity index (χ3n) is 4.63. The highest BCUT2D eigenvalue weighted by Crippen LogP contribution is 2.34. The fraction of sp³-hybridized carbons (Fsp3) is 0.353. The van der Waals surface area contributed by atoms with E-state index < -0.39 is 36.7 Å². The van der Waals surface area contributed by atoms with Crippen molar-refractivity contribution >= 4 is 23.1 Å². The molecule has 1 aliphatic rings. The van der Waals surface area contributed by atoms with Gasteiger partial charge < -0.3 is 31.1 Å². The Morgan fingerprint density at radius 2 is 1.96 bits per heavy atom. The van der Waals surface area contributed by atoms with Gasteiger partial charge in [0.05, 0.1) is 6.61 Å². The average Bonchev–Trinajstić information content (AvgIpc) is 3.18. The highest BCUT2D eigenvalue weighted by molar-refractivity contribution is 5.74. The van der Waals surface area contributed by atoms with Crippen molar-refractivity contribution in [2.24, 2.45) is 0 Å². The number of aliphatic hydroxyl groups is 3. The lowest BCUT2D eigenvalue weighted by molar-refractivity contribution is -0.0501. The Hall–Kier alpha value is -2.99. The minimum atomic E-state index is -1.37. The summed E-state index contributed by atoms with van der Waals surface area (Å²) in [6, 6.07) is 9.49. The number of hydrogen-bond acceptors (Lipinski definition) is 9. The molecular formula is C17H20N6O5. The molecule has 11 nitrogen and oxygen atoms in total. The zero-order valence-corrected chi connectivity index (χ0v) is 14.7. The first kappa shape index (κ1) is 18.4. The Bertz CT molecular complexity index is 1040. The summed E-state index contributed by atoms with van der Waals surface area (Å²) in [5.41, 5.74) is 6.17. The van der Waals surface area contributed by atoms with Crippen molar-refractivity contribution < 1.29 is 20.1 Å². The second kappa shape index (κ2) is 7.20. The smallest absolute Gasteiger partial charge is 0.280 e. The van der Waals surface area contributed by atoms with Crippen LogP contribution < -0.4 is 16.6 Å². The number of ether oxygens (including phenoxy) is 1. The highest BCUT2D eigenvalue weighted by atomic mass is 16.6. The Kier molecular flexibility index (Phi) is 4.73. The lowest BCUT2D eigenvalue weighted by Crippen LogP contribution is -2.33. The molecule has 0 amide bonds. The summed E-state index contributed by atoms with van der Waals surface area (Å²) in [6.45, 7) is -0.101. The van der Waals surface area contributed by atoms with Gasteiger partial charge in [-0.25, -0.2) is 4.98 Å². The molecule has 0 bridgehead atoms. The first-order valence-electron chi connectivity index (χ1n) is 8.67. The standard InChI is InChI=1S/C17H20N6O5/c18-16-21-13-10(14(27)22-16)20-17(19-6-8-4-2-1-3-5-8)23(13)15-12(26)11(25)9(7-24)28-15/h1-5,9,11-12,15,24-26H,6-7H2,(H,19,20)(H3,18,21,22,27)/t9-,11+,12+,15-/m0/s1. The maximum Gasteiger partial charge on any atom is 0.280 e. The molecule has 2 aromatic heterocycles. The van der Waals surface area contributed by atoms with Gasteiger partial charge in [0, 0.05) is 6.54 Å². The van der Waals surface area contributed by atoms with Crippen LogP contribution in [0.2, 0.25) is 0 Å². The number of rotatable bonds is 5. The number of aromatic amines is 1. The van der Waals surface area contributed by atoms with Gasteiger partial charge in [0.15, 0.2) is 17.4 Å². The zero-order chi connectivity index (χ0) is 19.8. The van der Waals surface area contributed by atoms with E-state index in [1.807, 2.05) is 30.3 Å². The number of aliphatic hydroxyl groups excluding tert-OH is 3. The van der Waals surface area contributed by atoms with E-state index in [2.05, 4.69) is 20.3 Å². The number of fused-ring (bicyclic) bond motifs is 1. The average molecular weight is 388 g/mol. The number of nitrogens with zero attached hydrogens (tertiary/aromatic N) is 3. The molecule has 1 fully saturated rings. The molecule has 7 N–H and O–H groups in total. The molecule has 3 aromatic rings. The van der Waals surface area contributed by atoms with E-state index in [4.69, 9.17) is 10.5 Å². The Morgan fingerprint density at radius 1 is 1.21 bits per heavy atom. The zero-order valence-electron chi connectivity index (χ0n) is 14.7. The van der Waals surface area contributed by atoms with Crippen LogP contribution >= 0.6 is 0 Å². The van der Waals surface area contributed by atoms with E-state index in [1.165, 1.54) is 4.57 Å². The summed E-state index contributed by atoms with van der Waals surface area (Å²) < 4.78 is 6.97. The second-order valence-electron chi connectivity index (χ2n) is 6.50. The van der Waals surface area contributed by atoms with Crippen LogP contribution in [0.3, 0.4) is 0 Å². The summed E-state index contributed by atoms with van der Waals surface area (Å²) in [5.74, 6) is 0.0808. The molecule has 0 radical (unpaired) electrons. The minimum Gasteiger partial charge on any atom is -0.394 e. The molecule has 0 unspecified atom stereocenters. The van der Waals surface area contributed by atoms with Crippen LogP contribution in [0, 0.1) is 0 Å². The monoisotopic (exact) mass is 388 g/mol. The fourth-order valence-corrected chi connectivity index (χ4v) is 3.24. The van der Waals surface area contributed by atoms with Crippen molar-refractivity contribution in [2.75, 3.05) is 17.7 Å². The molecule has 148 valence electrons. The largest absolute Gasteiger partial charge is 0.394 e. The van der Waals surface area contributed by atoms with Gasteiger partial charge >= 0.3 is 0 Å². The summed E-state index contributed by atoms with van der Waals surface area (Å²) in [7, 11) is 0. The molecule has 0 aliphatic carbocycles. The topological polar surface area (TPSA) is 172 Å². The van der Waals surface area contributed by atoms with Crippen molar-refractivity contribution in [3.8, 4) is 0 Å². The molecule has 28 heavy (non-hydrogen) atoms. The molecule has 1 aliphatic heterocycles. The van der Waals surface area contributed by atoms with Crippen LogP contribution in [0.4, 0.5) is 11.9 Å². The minimum absolute atomic E-state index is 0.00231. The van der Waals surface area contributed by atoms with Crippen LogP contribution in [0.15, 0.2) is 35.1 Å². The lowest BCUT2D eigenvalue weighted by atomic mass is 10.1. The molecule has 1 aromatic carbocycles. The van der Waals surface area contributed by atoms with Gasteiger partial charge in [-0.2, -0.15) is 4.98 Å². The fourth-order valence-electron chi connectivity index (χ4n) is 3.24. The van der Waals surface area contributed by atoms with Crippen LogP contribution in [-0.4, -0.2) is 59.8 Å². The first-order valence-corrected chi connectivity index (χ1v) is 8.67. The third kappa shape index (κ3) is 3.10. The SMILES string of the molecule is Nc1nc2c(nc(NCc3ccccc3)n2[C@H]2O[C@@H](CO)[C@@H](O)[C@H]2O)c(=O)[nH]1. The Morgan fingerprint density at radius 3 is 2.64 bits per heavy atom. The Balaban J connectivity index is 1.79. The molecule has 4 rings (SSSR count).